The number of ether oxygens (including phenoxy) is 1. The lowest BCUT2D eigenvalue weighted by Gasteiger charge is -2.10. The number of halogens is 2. The van der Waals surface area contributed by atoms with Gasteiger partial charge >= 0.3 is 0 Å². The molecule has 0 amide bonds. The molecule has 0 unspecified atom stereocenters. The van der Waals surface area contributed by atoms with Gasteiger partial charge in [-0.1, -0.05) is 0 Å². The Labute approximate surface area is 81.1 Å². The fraction of sp³-hybridized carbons (Fsp3) is 0.444. The van der Waals surface area contributed by atoms with Crippen molar-refractivity contribution in [1.29, 1.82) is 0 Å². The fourth-order valence-corrected chi connectivity index (χ4v) is 0.931. The SMILES string of the molecule is CNc1nc(OC(C)C)c(F)cc1F. The molecule has 0 aromatic carbocycles. The number of hydrogen-bond acceptors (Lipinski definition) is 3. The summed E-state index contributed by atoms with van der Waals surface area (Å²) in [6.45, 7) is 3.48. The maximum Gasteiger partial charge on any atom is 0.252 e. The molecule has 1 rings (SSSR count). The zero-order chi connectivity index (χ0) is 10.7. The molecule has 0 saturated heterocycles. The first-order chi connectivity index (χ1) is 6.54. The van der Waals surface area contributed by atoms with Crippen LogP contribution in [0, 0.1) is 11.6 Å². The molecule has 0 aliphatic rings. The van der Waals surface area contributed by atoms with Gasteiger partial charge in [0.15, 0.2) is 17.5 Å². The second-order valence-electron chi connectivity index (χ2n) is 3.02. The number of nitrogens with zero attached hydrogens (tertiary/aromatic N) is 1. The van der Waals surface area contributed by atoms with Crippen molar-refractivity contribution in [2.24, 2.45) is 0 Å². The van der Waals surface area contributed by atoms with Crippen LogP contribution in [0.3, 0.4) is 0 Å². The van der Waals surface area contributed by atoms with E-state index < -0.39 is 11.6 Å². The zero-order valence-electron chi connectivity index (χ0n) is 8.27. The number of hydrogen-bond donors (Lipinski definition) is 1. The van der Waals surface area contributed by atoms with Crippen LogP contribution in [0.5, 0.6) is 5.88 Å². The molecular weight excluding hydrogens is 190 g/mol. The number of nitrogens with one attached hydrogen (secondary N) is 1. The predicted octanol–water partition coefficient (Wildman–Crippen LogP) is 2.19. The highest BCUT2D eigenvalue weighted by Gasteiger charge is 2.12. The maximum atomic E-state index is 13.1. The number of anilines is 1. The molecule has 1 N–H and O–H groups in total. The van der Waals surface area contributed by atoms with E-state index in [0.29, 0.717) is 0 Å². The van der Waals surface area contributed by atoms with Gasteiger partial charge in [0.2, 0.25) is 0 Å². The Morgan fingerprint density at radius 2 is 2.00 bits per heavy atom. The lowest BCUT2D eigenvalue weighted by atomic mass is 10.4. The molecule has 0 bridgehead atoms. The van der Waals surface area contributed by atoms with Crippen molar-refractivity contribution < 1.29 is 13.5 Å². The summed E-state index contributed by atoms with van der Waals surface area (Å²) in [4.78, 5) is 3.65. The van der Waals surface area contributed by atoms with E-state index in [2.05, 4.69) is 10.3 Å². The Bertz CT molecular complexity index is 329. The first-order valence-electron chi connectivity index (χ1n) is 4.25. The molecule has 5 heteroatoms. The molecule has 1 heterocycles. The normalized spacial score (nSPS) is 10.4. The van der Waals surface area contributed by atoms with E-state index in [1.165, 1.54) is 7.05 Å². The van der Waals surface area contributed by atoms with Gasteiger partial charge in [0.05, 0.1) is 6.10 Å². The third-order valence-electron chi connectivity index (χ3n) is 1.48. The minimum Gasteiger partial charge on any atom is -0.473 e. The second-order valence-corrected chi connectivity index (χ2v) is 3.02. The van der Waals surface area contributed by atoms with E-state index in [1.54, 1.807) is 13.8 Å². The summed E-state index contributed by atoms with van der Waals surface area (Å²) in [5.41, 5.74) is 0. The van der Waals surface area contributed by atoms with Crippen LogP contribution >= 0.6 is 0 Å². The number of rotatable bonds is 3. The van der Waals surface area contributed by atoms with Crippen molar-refractivity contribution in [3.8, 4) is 5.88 Å². The molecule has 0 saturated carbocycles. The van der Waals surface area contributed by atoms with Gasteiger partial charge < -0.3 is 10.1 Å². The van der Waals surface area contributed by atoms with Gasteiger partial charge in [-0.15, -0.1) is 0 Å². The smallest absolute Gasteiger partial charge is 0.252 e. The molecule has 0 aliphatic heterocycles. The summed E-state index contributed by atoms with van der Waals surface area (Å²) in [6.07, 6.45) is -0.202. The molecular formula is C9H12F2N2O. The molecule has 78 valence electrons. The predicted molar refractivity (Wildman–Crippen MR) is 49.5 cm³/mol. The zero-order valence-corrected chi connectivity index (χ0v) is 8.27. The third-order valence-corrected chi connectivity index (χ3v) is 1.48. The summed E-state index contributed by atoms with van der Waals surface area (Å²) >= 11 is 0. The Hall–Kier alpha value is -1.39. The summed E-state index contributed by atoms with van der Waals surface area (Å²) in [6, 6.07) is 0.747. The van der Waals surface area contributed by atoms with Crippen molar-refractivity contribution in [3.63, 3.8) is 0 Å². The van der Waals surface area contributed by atoms with E-state index in [4.69, 9.17) is 4.74 Å². The Morgan fingerprint density at radius 1 is 1.36 bits per heavy atom. The highest BCUT2D eigenvalue weighted by atomic mass is 19.1. The van der Waals surface area contributed by atoms with Gasteiger partial charge in [-0.2, -0.15) is 4.98 Å². The average molecular weight is 202 g/mol. The standard InChI is InChI=1S/C9H12F2N2O/c1-5(2)14-9-7(11)4-6(10)8(12-3)13-9/h4-5H,1-3H3,(H,12,13). The van der Waals surface area contributed by atoms with Gasteiger partial charge in [0, 0.05) is 13.1 Å². The highest BCUT2D eigenvalue weighted by molar-refractivity contribution is 5.38. The fourth-order valence-electron chi connectivity index (χ4n) is 0.931. The van der Waals surface area contributed by atoms with Crippen molar-refractivity contribution in [2.45, 2.75) is 20.0 Å². The minimum atomic E-state index is -0.796. The summed E-state index contributed by atoms with van der Waals surface area (Å²) in [5.74, 6) is -1.75. The van der Waals surface area contributed by atoms with E-state index in [0.717, 1.165) is 6.07 Å². The lowest BCUT2D eigenvalue weighted by Crippen LogP contribution is -2.10. The molecule has 1 aromatic heterocycles. The van der Waals surface area contributed by atoms with Gasteiger partial charge in [-0.05, 0) is 13.8 Å². The van der Waals surface area contributed by atoms with Crippen molar-refractivity contribution >= 4 is 5.82 Å². The Kier molecular flexibility index (Phi) is 3.22. The molecule has 0 spiro atoms. The maximum absolute atomic E-state index is 13.1. The highest BCUT2D eigenvalue weighted by Crippen LogP contribution is 2.21. The lowest BCUT2D eigenvalue weighted by molar-refractivity contribution is 0.220. The molecule has 0 fully saturated rings. The van der Waals surface area contributed by atoms with Crippen LogP contribution in [0.2, 0.25) is 0 Å². The van der Waals surface area contributed by atoms with Crippen LogP contribution in [0.25, 0.3) is 0 Å². The first-order valence-corrected chi connectivity index (χ1v) is 4.25. The van der Waals surface area contributed by atoms with Crippen molar-refractivity contribution in [3.05, 3.63) is 17.7 Å². The van der Waals surface area contributed by atoms with Crippen LogP contribution in [-0.4, -0.2) is 18.1 Å². The topological polar surface area (TPSA) is 34.2 Å². The summed E-state index contributed by atoms with van der Waals surface area (Å²) in [5, 5.41) is 2.50. The molecule has 1 aromatic rings. The van der Waals surface area contributed by atoms with Crippen LogP contribution in [0.4, 0.5) is 14.6 Å². The summed E-state index contributed by atoms with van der Waals surface area (Å²) in [7, 11) is 1.50. The van der Waals surface area contributed by atoms with E-state index >= 15 is 0 Å². The van der Waals surface area contributed by atoms with Crippen LogP contribution in [0.15, 0.2) is 6.07 Å². The minimum absolute atomic E-state index is 0.0259. The van der Waals surface area contributed by atoms with Gasteiger partial charge in [-0.3, -0.25) is 0 Å². The van der Waals surface area contributed by atoms with Gasteiger partial charge in [0.1, 0.15) is 0 Å². The molecule has 0 aliphatic carbocycles. The third kappa shape index (κ3) is 2.31. The van der Waals surface area contributed by atoms with Gasteiger partial charge in [0.25, 0.3) is 5.88 Å². The first kappa shape index (κ1) is 10.7. The Balaban J connectivity index is 3.04. The van der Waals surface area contributed by atoms with Crippen LogP contribution < -0.4 is 10.1 Å². The van der Waals surface area contributed by atoms with Crippen molar-refractivity contribution in [2.75, 3.05) is 12.4 Å². The number of aromatic nitrogens is 1. The second kappa shape index (κ2) is 4.21. The van der Waals surface area contributed by atoms with Crippen molar-refractivity contribution in [1.82, 2.24) is 4.98 Å². The van der Waals surface area contributed by atoms with Gasteiger partial charge in [-0.25, -0.2) is 8.78 Å². The van der Waals surface area contributed by atoms with E-state index in [1.807, 2.05) is 0 Å². The monoisotopic (exact) mass is 202 g/mol. The largest absolute Gasteiger partial charge is 0.473 e. The molecule has 14 heavy (non-hydrogen) atoms. The molecule has 3 nitrogen and oxygen atoms in total. The Morgan fingerprint density at radius 3 is 2.50 bits per heavy atom. The van der Waals surface area contributed by atoms with Crippen LogP contribution in [0.1, 0.15) is 13.8 Å². The van der Waals surface area contributed by atoms with E-state index in [-0.39, 0.29) is 17.8 Å². The number of pyridine rings is 1. The molecule has 0 atom stereocenters. The molecule has 0 radical (unpaired) electrons. The average Bonchev–Trinajstić information content (AvgIpc) is 2.09. The summed E-state index contributed by atoms with van der Waals surface area (Å²) < 4.78 is 31.1. The quantitative estimate of drug-likeness (QED) is 0.815. The van der Waals surface area contributed by atoms with Crippen LogP contribution in [-0.2, 0) is 0 Å². The van der Waals surface area contributed by atoms with E-state index in [9.17, 15) is 8.78 Å².